The third-order valence-electron chi connectivity index (χ3n) is 1.81. The lowest BCUT2D eigenvalue weighted by Crippen LogP contribution is -2.11. The Hall–Kier alpha value is -1.71. The van der Waals surface area contributed by atoms with Crippen molar-refractivity contribution >= 4 is 17.0 Å². The first-order valence-electron chi connectivity index (χ1n) is 3.73. The number of nitrogens with one attached hydrogen (secondary N) is 1. The molecule has 0 amide bonds. The van der Waals surface area contributed by atoms with Gasteiger partial charge >= 0.3 is 0 Å². The van der Waals surface area contributed by atoms with Crippen LogP contribution in [0.2, 0.25) is 0 Å². The SMILES string of the molecule is CNn1c(N)nc2ccccc21. The van der Waals surface area contributed by atoms with Crippen LogP contribution in [-0.4, -0.2) is 16.7 Å². The Morgan fingerprint density at radius 2 is 2.17 bits per heavy atom. The van der Waals surface area contributed by atoms with E-state index in [-0.39, 0.29) is 0 Å². The van der Waals surface area contributed by atoms with Crippen molar-refractivity contribution in [2.45, 2.75) is 0 Å². The monoisotopic (exact) mass is 162 g/mol. The third kappa shape index (κ3) is 0.812. The summed E-state index contributed by atoms with van der Waals surface area (Å²) in [6, 6.07) is 7.79. The Morgan fingerprint density at radius 1 is 1.42 bits per heavy atom. The van der Waals surface area contributed by atoms with Gasteiger partial charge in [0.05, 0.1) is 11.0 Å². The number of benzene rings is 1. The molecule has 4 nitrogen and oxygen atoms in total. The number of fused-ring (bicyclic) bond motifs is 1. The van der Waals surface area contributed by atoms with Crippen LogP contribution in [0, 0.1) is 0 Å². The van der Waals surface area contributed by atoms with Gasteiger partial charge in [0.2, 0.25) is 5.95 Å². The molecule has 0 aliphatic rings. The van der Waals surface area contributed by atoms with Gasteiger partial charge in [0.25, 0.3) is 0 Å². The summed E-state index contributed by atoms with van der Waals surface area (Å²) in [7, 11) is 1.81. The van der Waals surface area contributed by atoms with E-state index in [4.69, 9.17) is 5.73 Å². The summed E-state index contributed by atoms with van der Waals surface area (Å²) < 4.78 is 1.75. The van der Waals surface area contributed by atoms with Crippen molar-refractivity contribution in [3.05, 3.63) is 24.3 Å². The molecule has 2 rings (SSSR count). The second-order valence-electron chi connectivity index (χ2n) is 2.52. The minimum absolute atomic E-state index is 0.485. The van der Waals surface area contributed by atoms with Crippen LogP contribution in [0.1, 0.15) is 0 Å². The van der Waals surface area contributed by atoms with Crippen molar-refractivity contribution in [1.29, 1.82) is 0 Å². The number of para-hydroxylation sites is 2. The molecule has 0 aliphatic carbocycles. The summed E-state index contributed by atoms with van der Waals surface area (Å²) in [6.45, 7) is 0. The maximum atomic E-state index is 5.65. The number of anilines is 1. The maximum absolute atomic E-state index is 5.65. The van der Waals surface area contributed by atoms with Gasteiger partial charge in [-0.3, -0.25) is 0 Å². The molecule has 0 fully saturated rings. The van der Waals surface area contributed by atoms with E-state index in [0.29, 0.717) is 5.95 Å². The minimum Gasteiger partial charge on any atom is -0.368 e. The van der Waals surface area contributed by atoms with Gasteiger partial charge < -0.3 is 11.2 Å². The highest BCUT2D eigenvalue weighted by atomic mass is 15.4. The van der Waals surface area contributed by atoms with E-state index in [9.17, 15) is 0 Å². The molecule has 1 aromatic heterocycles. The van der Waals surface area contributed by atoms with Crippen LogP contribution in [0.3, 0.4) is 0 Å². The molecule has 0 radical (unpaired) electrons. The fourth-order valence-electron chi connectivity index (χ4n) is 1.28. The number of nitrogens with zero attached hydrogens (tertiary/aromatic N) is 2. The molecule has 0 unspecified atom stereocenters. The van der Waals surface area contributed by atoms with Crippen LogP contribution >= 0.6 is 0 Å². The molecule has 0 saturated heterocycles. The van der Waals surface area contributed by atoms with Crippen LogP contribution in [0.4, 0.5) is 5.95 Å². The molecule has 3 N–H and O–H groups in total. The fourth-order valence-corrected chi connectivity index (χ4v) is 1.28. The minimum atomic E-state index is 0.485. The normalized spacial score (nSPS) is 10.4. The van der Waals surface area contributed by atoms with Gasteiger partial charge in [-0.15, -0.1) is 0 Å². The van der Waals surface area contributed by atoms with E-state index >= 15 is 0 Å². The highest BCUT2D eigenvalue weighted by molar-refractivity contribution is 5.78. The summed E-state index contributed by atoms with van der Waals surface area (Å²) in [5, 5.41) is 0. The van der Waals surface area contributed by atoms with Crippen molar-refractivity contribution in [2.24, 2.45) is 0 Å². The number of hydrogen-bond acceptors (Lipinski definition) is 3. The molecule has 12 heavy (non-hydrogen) atoms. The van der Waals surface area contributed by atoms with Gasteiger partial charge in [-0.1, -0.05) is 12.1 Å². The second kappa shape index (κ2) is 2.41. The van der Waals surface area contributed by atoms with E-state index in [2.05, 4.69) is 10.4 Å². The van der Waals surface area contributed by atoms with Crippen LogP contribution < -0.4 is 11.2 Å². The third-order valence-corrected chi connectivity index (χ3v) is 1.81. The van der Waals surface area contributed by atoms with Gasteiger partial charge in [-0.25, -0.2) is 9.66 Å². The van der Waals surface area contributed by atoms with E-state index in [1.54, 1.807) is 4.68 Å². The summed E-state index contributed by atoms with van der Waals surface area (Å²) >= 11 is 0. The average molecular weight is 162 g/mol. The van der Waals surface area contributed by atoms with Gasteiger partial charge in [0.15, 0.2) is 0 Å². The predicted octanol–water partition coefficient (Wildman–Crippen LogP) is 0.792. The van der Waals surface area contributed by atoms with E-state index < -0.39 is 0 Å². The van der Waals surface area contributed by atoms with Crippen molar-refractivity contribution in [2.75, 3.05) is 18.2 Å². The molecule has 2 aromatic rings. The fraction of sp³-hybridized carbons (Fsp3) is 0.125. The molecular formula is C8H10N4. The molecule has 1 aromatic carbocycles. The molecular weight excluding hydrogens is 152 g/mol. The molecule has 0 atom stereocenters. The topological polar surface area (TPSA) is 55.9 Å². The molecule has 0 saturated carbocycles. The second-order valence-corrected chi connectivity index (χ2v) is 2.52. The summed E-state index contributed by atoms with van der Waals surface area (Å²) in [6.07, 6.45) is 0. The number of hydrogen-bond donors (Lipinski definition) is 2. The van der Waals surface area contributed by atoms with Gasteiger partial charge in [-0.05, 0) is 12.1 Å². The number of imidazole rings is 1. The lowest BCUT2D eigenvalue weighted by molar-refractivity contribution is 0.972. The largest absolute Gasteiger partial charge is 0.368 e. The average Bonchev–Trinajstić information content (AvgIpc) is 2.40. The molecule has 1 heterocycles. The molecule has 4 heteroatoms. The standard InChI is InChI=1S/C8H10N4/c1-10-12-7-5-3-2-4-6(7)11-8(12)9/h2-5,10H,1H3,(H2,9,11). The van der Waals surface area contributed by atoms with Crippen molar-refractivity contribution in [3.63, 3.8) is 0 Å². The molecule has 0 spiro atoms. The van der Waals surface area contributed by atoms with E-state index in [1.807, 2.05) is 31.3 Å². The van der Waals surface area contributed by atoms with Crippen molar-refractivity contribution in [1.82, 2.24) is 9.66 Å². The quantitative estimate of drug-likeness (QED) is 0.651. The molecule has 0 bridgehead atoms. The lowest BCUT2D eigenvalue weighted by atomic mass is 10.3. The lowest BCUT2D eigenvalue weighted by Gasteiger charge is -2.02. The van der Waals surface area contributed by atoms with E-state index in [0.717, 1.165) is 11.0 Å². The number of rotatable bonds is 1. The van der Waals surface area contributed by atoms with Crippen LogP contribution in [-0.2, 0) is 0 Å². The maximum Gasteiger partial charge on any atom is 0.220 e. The molecule has 62 valence electrons. The number of aromatic nitrogens is 2. The zero-order chi connectivity index (χ0) is 8.55. The number of nitrogens with two attached hydrogens (primary N) is 1. The van der Waals surface area contributed by atoms with Crippen LogP contribution in [0.15, 0.2) is 24.3 Å². The highest BCUT2D eigenvalue weighted by Gasteiger charge is 2.03. The van der Waals surface area contributed by atoms with E-state index in [1.165, 1.54) is 0 Å². The Bertz CT molecular complexity index is 404. The zero-order valence-corrected chi connectivity index (χ0v) is 6.78. The predicted molar refractivity (Wildman–Crippen MR) is 49.4 cm³/mol. The first-order chi connectivity index (χ1) is 5.83. The summed E-state index contributed by atoms with van der Waals surface area (Å²) in [5.41, 5.74) is 10.5. The van der Waals surface area contributed by atoms with Gasteiger partial charge in [0.1, 0.15) is 0 Å². The van der Waals surface area contributed by atoms with Crippen LogP contribution in [0.25, 0.3) is 11.0 Å². The van der Waals surface area contributed by atoms with Gasteiger partial charge in [0, 0.05) is 7.05 Å². The van der Waals surface area contributed by atoms with Crippen molar-refractivity contribution in [3.8, 4) is 0 Å². The number of nitrogen functional groups attached to an aromatic ring is 1. The van der Waals surface area contributed by atoms with Crippen LogP contribution in [0.5, 0.6) is 0 Å². The highest BCUT2D eigenvalue weighted by Crippen LogP contribution is 2.14. The van der Waals surface area contributed by atoms with Crippen molar-refractivity contribution < 1.29 is 0 Å². The summed E-state index contributed by atoms with van der Waals surface area (Å²) in [5.74, 6) is 0.485. The smallest absolute Gasteiger partial charge is 0.220 e. The zero-order valence-electron chi connectivity index (χ0n) is 6.78. The Morgan fingerprint density at radius 3 is 2.92 bits per heavy atom. The van der Waals surface area contributed by atoms with Gasteiger partial charge in [-0.2, -0.15) is 0 Å². The summed E-state index contributed by atoms with van der Waals surface area (Å²) in [4.78, 5) is 4.16. The first kappa shape index (κ1) is 6.97. The Kier molecular flexibility index (Phi) is 1.40. The first-order valence-corrected chi connectivity index (χ1v) is 3.73. The Labute approximate surface area is 70.0 Å². The Balaban J connectivity index is 2.81. The molecule has 0 aliphatic heterocycles.